The minimum atomic E-state index is -3.68. The van der Waals surface area contributed by atoms with E-state index in [4.69, 9.17) is 11.6 Å². The number of piperazine rings is 1. The fourth-order valence-electron chi connectivity index (χ4n) is 2.59. The first kappa shape index (κ1) is 21.1. The molecule has 1 aliphatic rings. The van der Waals surface area contributed by atoms with E-state index in [0.29, 0.717) is 32.7 Å². The molecule has 1 N–H and O–H groups in total. The molecule has 0 spiro atoms. The lowest BCUT2D eigenvalue weighted by molar-refractivity contribution is 0.0644. The van der Waals surface area contributed by atoms with Crippen LogP contribution in [0.5, 0.6) is 0 Å². The number of halogens is 1. The summed E-state index contributed by atoms with van der Waals surface area (Å²) < 4.78 is 48.5. The molecule has 0 atom stereocenters. The van der Waals surface area contributed by atoms with Gasteiger partial charge in [0.25, 0.3) is 5.91 Å². The van der Waals surface area contributed by atoms with E-state index in [9.17, 15) is 21.6 Å². The number of carbonyl (C=O) groups excluding carboxylic acids is 1. The lowest BCUT2D eigenvalue weighted by atomic mass is 10.2. The van der Waals surface area contributed by atoms with E-state index in [1.54, 1.807) is 4.90 Å². The van der Waals surface area contributed by atoms with Crippen molar-refractivity contribution in [3.63, 3.8) is 0 Å². The van der Waals surface area contributed by atoms with E-state index in [0.717, 1.165) is 0 Å². The van der Waals surface area contributed by atoms with E-state index in [2.05, 4.69) is 4.72 Å². The Morgan fingerprint density at radius 1 is 1.15 bits per heavy atom. The molecule has 0 aliphatic carbocycles. The number of hydrogen-bond acceptors (Lipinski definition) is 6. The highest BCUT2D eigenvalue weighted by atomic mass is 35.5. The molecular formula is C15H22ClN3O5S2. The fourth-order valence-corrected chi connectivity index (χ4v) is 4.14. The van der Waals surface area contributed by atoms with Crippen molar-refractivity contribution >= 4 is 37.4 Å². The van der Waals surface area contributed by atoms with Crippen LogP contribution in [0.15, 0.2) is 23.1 Å². The van der Waals surface area contributed by atoms with Crippen molar-refractivity contribution in [1.29, 1.82) is 0 Å². The molecule has 1 heterocycles. The Hall–Kier alpha value is -1.20. The number of hydrogen-bond donors (Lipinski definition) is 1. The predicted octanol–water partition coefficient (Wildman–Crippen LogP) is 0.0505. The Balaban J connectivity index is 2.08. The van der Waals surface area contributed by atoms with Gasteiger partial charge in [0.05, 0.1) is 21.2 Å². The van der Waals surface area contributed by atoms with Gasteiger partial charge >= 0.3 is 0 Å². The SMILES string of the molecule is CNS(=O)(=O)c1ccc(Cl)c(C(=O)N2CCN(CCS(C)(=O)=O)CC2)c1. The molecule has 1 saturated heterocycles. The van der Waals surface area contributed by atoms with Crippen LogP contribution in [0.2, 0.25) is 5.02 Å². The molecule has 1 aromatic carbocycles. The minimum absolute atomic E-state index is 0.0282. The topological polar surface area (TPSA) is 104 Å². The normalized spacial score (nSPS) is 16.7. The maximum absolute atomic E-state index is 12.7. The molecule has 0 unspecified atom stereocenters. The van der Waals surface area contributed by atoms with Gasteiger partial charge < -0.3 is 4.90 Å². The predicted molar refractivity (Wildman–Crippen MR) is 99.8 cm³/mol. The molecule has 1 aliphatic heterocycles. The second-order valence-electron chi connectivity index (χ2n) is 6.11. The summed E-state index contributed by atoms with van der Waals surface area (Å²) in [6.45, 7) is 2.36. The van der Waals surface area contributed by atoms with Crippen molar-refractivity contribution in [1.82, 2.24) is 14.5 Å². The molecule has 0 radical (unpaired) electrons. The van der Waals surface area contributed by atoms with E-state index in [-0.39, 0.29) is 27.1 Å². The van der Waals surface area contributed by atoms with Gasteiger partial charge in [-0.1, -0.05) is 11.6 Å². The molecule has 0 saturated carbocycles. The summed E-state index contributed by atoms with van der Waals surface area (Å²) in [4.78, 5) is 16.3. The zero-order valence-electron chi connectivity index (χ0n) is 14.6. The van der Waals surface area contributed by atoms with Crippen LogP contribution in [0.25, 0.3) is 0 Å². The van der Waals surface area contributed by atoms with Crippen molar-refractivity contribution in [2.45, 2.75) is 4.90 Å². The zero-order chi connectivity index (χ0) is 19.5. The summed E-state index contributed by atoms with van der Waals surface area (Å²) in [6.07, 6.45) is 1.20. The quantitative estimate of drug-likeness (QED) is 0.693. The molecule has 11 heteroatoms. The average Bonchev–Trinajstić information content (AvgIpc) is 2.59. The number of benzene rings is 1. The zero-order valence-corrected chi connectivity index (χ0v) is 17.0. The summed E-state index contributed by atoms with van der Waals surface area (Å²) >= 11 is 6.09. The van der Waals surface area contributed by atoms with E-state index >= 15 is 0 Å². The van der Waals surface area contributed by atoms with Crippen LogP contribution in [-0.4, -0.2) is 84.3 Å². The summed E-state index contributed by atoms with van der Waals surface area (Å²) in [5, 5.41) is 0.185. The maximum atomic E-state index is 12.7. The van der Waals surface area contributed by atoms with E-state index < -0.39 is 19.9 Å². The Morgan fingerprint density at radius 2 is 1.77 bits per heavy atom. The molecule has 1 aromatic rings. The highest BCUT2D eigenvalue weighted by molar-refractivity contribution is 7.90. The maximum Gasteiger partial charge on any atom is 0.255 e. The lowest BCUT2D eigenvalue weighted by Gasteiger charge is -2.34. The van der Waals surface area contributed by atoms with Crippen molar-refractivity contribution in [2.75, 3.05) is 51.8 Å². The average molecular weight is 424 g/mol. The first-order valence-corrected chi connectivity index (χ1v) is 11.9. The van der Waals surface area contributed by atoms with Crippen LogP contribution < -0.4 is 4.72 Å². The van der Waals surface area contributed by atoms with Crippen LogP contribution in [0, 0.1) is 0 Å². The van der Waals surface area contributed by atoms with E-state index in [1.807, 2.05) is 4.90 Å². The third-order valence-corrected chi connectivity index (χ3v) is 6.85. The standard InChI is InChI=1S/C15H22ClN3O5S2/c1-17-26(23,24)12-3-4-14(16)13(11-12)15(20)19-7-5-18(6-8-19)9-10-25(2,21)22/h3-4,11,17H,5-10H2,1-2H3. The monoisotopic (exact) mass is 423 g/mol. The van der Waals surface area contributed by atoms with Gasteiger partial charge in [0.15, 0.2) is 0 Å². The third-order valence-electron chi connectivity index (χ3n) is 4.19. The number of rotatable bonds is 6. The fraction of sp³-hybridized carbons (Fsp3) is 0.533. The van der Waals surface area contributed by atoms with Gasteiger partial charge in [0.2, 0.25) is 10.0 Å². The summed E-state index contributed by atoms with van der Waals surface area (Å²) in [7, 11) is -5.41. The van der Waals surface area contributed by atoms with Crippen LogP contribution in [-0.2, 0) is 19.9 Å². The van der Waals surface area contributed by atoms with Crippen molar-refractivity contribution < 1.29 is 21.6 Å². The van der Waals surface area contributed by atoms with Gasteiger partial charge in [0.1, 0.15) is 9.84 Å². The molecule has 1 amide bonds. The van der Waals surface area contributed by atoms with Gasteiger partial charge in [-0.15, -0.1) is 0 Å². The number of sulfone groups is 1. The Kier molecular flexibility index (Phi) is 6.67. The van der Waals surface area contributed by atoms with Crippen LogP contribution in [0.4, 0.5) is 0 Å². The molecule has 2 rings (SSSR count). The summed E-state index contributed by atoms with van der Waals surface area (Å²) in [6, 6.07) is 4.00. The third kappa shape index (κ3) is 5.40. The molecule has 146 valence electrons. The van der Waals surface area contributed by atoms with Crippen LogP contribution >= 0.6 is 11.6 Å². The van der Waals surface area contributed by atoms with E-state index in [1.165, 1.54) is 31.5 Å². The molecule has 1 fully saturated rings. The molecule has 8 nitrogen and oxygen atoms in total. The summed E-state index contributed by atoms with van der Waals surface area (Å²) in [5.74, 6) is -0.262. The lowest BCUT2D eigenvalue weighted by Crippen LogP contribution is -2.49. The number of nitrogens with zero attached hydrogens (tertiary/aromatic N) is 2. The highest BCUT2D eigenvalue weighted by Crippen LogP contribution is 2.22. The van der Waals surface area contributed by atoms with Gasteiger partial charge in [-0.3, -0.25) is 9.69 Å². The van der Waals surface area contributed by atoms with Gasteiger partial charge in [-0.25, -0.2) is 21.6 Å². The largest absolute Gasteiger partial charge is 0.336 e. The van der Waals surface area contributed by atoms with Gasteiger partial charge in [-0.2, -0.15) is 0 Å². The van der Waals surface area contributed by atoms with Gasteiger partial charge in [0, 0.05) is 39.0 Å². The second-order valence-corrected chi connectivity index (χ2v) is 10.7. The molecular weight excluding hydrogens is 402 g/mol. The molecule has 26 heavy (non-hydrogen) atoms. The smallest absolute Gasteiger partial charge is 0.255 e. The Labute approximate surface area is 159 Å². The number of sulfonamides is 1. The first-order valence-electron chi connectivity index (χ1n) is 7.96. The second kappa shape index (κ2) is 8.22. The highest BCUT2D eigenvalue weighted by Gasteiger charge is 2.25. The number of carbonyl (C=O) groups is 1. The minimum Gasteiger partial charge on any atom is -0.336 e. The summed E-state index contributed by atoms with van der Waals surface area (Å²) in [5.41, 5.74) is 0.132. The Morgan fingerprint density at radius 3 is 2.31 bits per heavy atom. The van der Waals surface area contributed by atoms with Crippen molar-refractivity contribution in [2.24, 2.45) is 0 Å². The van der Waals surface area contributed by atoms with Gasteiger partial charge in [-0.05, 0) is 25.2 Å². The molecule has 0 bridgehead atoms. The van der Waals surface area contributed by atoms with Crippen LogP contribution in [0.1, 0.15) is 10.4 Å². The molecule has 0 aromatic heterocycles. The number of amides is 1. The van der Waals surface area contributed by atoms with Crippen molar-refractivity contribution in [3.05, 3.63) is 28.8 Å². The Bertz CT molecular complexity index is 879. The first-order chi connectivity index (χ1) is 12.0. The van der Waals surface area contributed by atoms with Crippen molar-refractivity contribution in [3.8, 4) is 0 Å². The number of nitrogens with one attached hydrogen (secondary N) is 1. The van der Waals surface area contributed by atoms with Crippen LogP contribution in [0.3, 0.4) is 0 Å².